The molecule has 0 aliphatic carbocycles. The number of aromatic hydroxyl groups is 1. The molecule has 3 aromatic rings. The van der Waals surface area contributed by atoms with E-state index in [9.17, 15) is 13.9 Å². The minimum absolute atomic E-state index is 0.129. The second kappa shape index (κ2) is 9.38. The minimum atomic E-state index is -0.567. The number of aromatic nitrogens is 2. The zero-order chi connectivity index (χ0) is 23.7. The molecular weight excluding hydrogens is 440 g/mol. The summed E-state index contributed by atoms with van der Waals surface area (Å²) in [5.41, 5.74) is 3.59. The number of phenols is 1. The highest BCUT2D eigenvalue weighted by Crippen LogP contribution is 2.46. The van der Waals surface area contributed by atoms with Crippen LogP contribution in [0.15, 0.2) is 54.9 Å². The first-order valence-corrected chi connectivity index (χ1v) is 11.2. The van der Waals surface area contributed by atoms with Crippen LogP contribution in [0.3, 0.4) is 0 Å². The molecule has 2 aliphatic rings. The number of pyridine rings is 2. The van der Waals surface area contributed by atoms with Crippen LogP contribution in [-0.2, 0) is 0 Å². The molecule has 0 radical (unpaired) electrons. The fraction of sp³-hybridized carbons (Fsp3) is 0.308. The maximum Gasteiger partial charge on any atom is 0.168 e. The van der Waals surface area contributed by atoms with Crippen molar-refractivity contribution in [3.05, 3.63) is 77.6 Å². The number of hydrogen-bond donors (Lipinski definition) is 1. The quantitative estimate of drug-likeness (QED) is 0.547. The molecule has 5 rings (SSSR count). The second-order valence-electron chi connectivity index (χ2n) is 8.63. The van der Waals surface area contributed by atoms with Crippen molar-refractivity contribution in [3.8, 4) is 17.2 Å². The number of alkyl halides is 1. The molecule has 1 unspecified atom stereocenters. The topological polar surface area (TPSA) is 67.7 Å². The van der Waals surface area contributed by atoms with E-state index in [2.05, 4.69) is 14.9 Å². The Morgan fingerprint density at radius 3 is 2.68 bits per heavy atom. The molecule has 6 nitrogen and oxygen atoms in total. The van der Waals surface area contributed by atoms with Crippen LogP contribution in [-0.4, -0.2) is 52.9 Å². The summed E-state index contributed by atoms with van der Waals surface area (Å²) in [5, 5.41) is 9.97. The molecule has 0 saturated carbocycles. The largest absolute Gasteiger partial charge is 0.508 e. The van der Waals surface area contributed by atoms with Crippen molar-refractivity contribution < 1.29 is 23.4 Å². The highest BCUT2D eigenvalue weighted by molar-refractivity contribution is 5.94. The molecular formula is C26H25F2N3O3. The Hall–Kier alpha value is -3.52. The van der Waals surface area contributed by atoms with E-state index >= 15 is 0 Å². The van der Waals surface area contributed by atoms with Crippen molar-refractivity contribution in [2.24, 2.45) is 5.92 Å². The van der Waals surface area contributed by atoms with Gasteiger partial charge in [-0.15, -0.1) is 0 Å². The molecule has 2 aliphatic heterocycles. The first-order chi connectivity index (χ1) is 16.5. The van der Waals surface area contributed by atoms with Gasteiger partial charge in [0.15, 0.2) is 6.10 Å². The van der Waals surface area contributed by atoms with Gasteiger partial charge in [-0.2, -0.15) is 0 Å². The van der Waals surface area contributed by atoms with E-state index in [0.717, 1.165) is 36.3 Å². The lowest BCUT2D eigenvalue weighted by molar-refractivity contribution is 0.0668. The van der Waals surface area contributed by atoms with Crippen LogP contribution in [0.5, 0.6) is 17.2 Å². The maximum absolute atomic E-state index is 13.5. The number of fused-ring (bicyclic) bond motifs is 1. The number of rotatable bonds is 7. The van der Waals surface area contributed by atoms with Crippen LogP contribution in [0.2, 0.25) is 0 Å². The predicted octanol–water partition coefficient (Wildman–Crippen LogP) is 4.67. The Morgan fingerprint density at radius 2 is 1.97 bits per heavy atom. The average Bonchev–Trinajstić information content (AvgIpc) is 2.82. The fourth-order valence-corrected chi connectivity index (χ4v) is 4.39. The Morgan fingerprint density at radius 1 is 1.12 bits per heavy atom. The monoisotopic (exact) mass is 465 g/mol. The van der Waals surface area contributed by atoms with Gasteiger partial charge in [0, 0.05) is 36.7 Å². The third-order valence-corrected chi connectivity index (χ3v) is 6.24. The summed E-state index contributed by atoms with van der Waals surface area (Å²) < 4.78 is 38.2. The molecule has 1 N–H and O–H groups in total. The van der Waals surface area contributed by atoms with Gasteiger partial charge in [0.2, 0.25) is 0 Å². The van der Waals surface area contributed by atoms with Crippen LogP contribution in [0.4, 0.5) is 8.78 Å². The summed E-state index contributed by atoms with van der Waals surface area (Å²) in [4.78, 5) is 11.0. The van der Waals surface area contributed by atoms with E-state index < -0.39 is 11.9 Å². The standard InChI is InChI=1S/C26H25F2N3O3/c1-16-21-10-19(32)3-7-24(21)34-26(25(16)22-5-2-18(28)12-29-22)23-6-4-20(13-30-23)33-9-8-31-14-17(11-27)15-31/h2-7,10,12-13,17,26,32H,8-9,11,14-15H2,1H3. The van der Waals surface area contributed by atoms with Crippen LogP contribution >= 0.6 is 0 Å². The molecule has 1 aromatic carbocycles. The molecule has 34 heavy (non-hydrogen) atoms. The number of likely N-dealkylation sites (tertiary alicyclic amines) is 1. The number of halogens is 2. The number of hydrogen-bond acceptors (Lipinski definition) is 6. The Kier molecular flexibility index (Phi) is 6.15. The molecule has 0 amide bonds. The summed E-state index contributed by atoms with van der Waals surface area (Å²) in [6.45, 7) is 4.47. The van der Waals surface area contributed by atoms with E-state index in [1.54, 1.807) is 30.5 Å². The molecule has 8 heteroatoms. The summed E-state index contributed by atoms with van der Waals surface area (Å²) in [6, 6.07) is 11.6. The number of ether oxygens (including phenoxy) is 2. The van der Waals surface area contributed by atoms with Gasteiger partial charge in [-0.1, -0.05) is 0 Å². The van der Waals surface area contributed by atoms with Gasteiger partial charge in [-0.3, -0.25) is 19.3 Å². The lowest BCUT2D eigenvalue weighted by Crippen LogP contribution is -2.49. The van der Waals surface area contributed by atoms with Gasteiger partial charge in [-0.25, -0.2) is 4.39 Å². The van der Waals surface area contributed by atoms with Crippen molar-refractivity contribution in [2.75, 3.05) is 32.9 Å². The van der Waals surface area contributed by atoms with Crippen molar-refractivity contribution in [2.45, 2.75) is 13.0 Å². The predicted molar refractivity (Wildman–Crippen MR) is 124 cm³/mol. The summed E-state index contributed by atoms with van der Waals surface area (Å²) >= 11 is 0. The fourth-order valence-electron chi connectivity index (χ4n) is 4.39. The van der Waals surface area contributed by atoms with Crippen molar-refractivity contribution in [1.82, 2.24) is 14.9 Å². The van der Waals surface area contributed by atoms with Crippen LogP contribution in [0, 0.1) is 11.7 Å². The van der Waals surface area contributed by atoms with Gasteiger partial charge in [0.25, 0.3) is 0 Å². The summed E-state index contributed by atoms with van der Waals surface area (Å²) in [6.07, 6.45) is 2.25. The number of phenolic OH excluding ortho intramolecular Hbond substituents is 1. The lowest BCUT2D eigenvalue weighted by Gasteiger charge is -2.37. The van der Waals surface area contributed by atoms with Gasteiger partial charge >= 0.3 is 0 Å². The van der Waals surface area contributed by atoms with E-state index in [-0.39, 0.29) is 18.3 Å². The maximum atomic E-state index is 13.5. The van der Waals surface area contributed by atoms with Gasteiger partial charge in [-0.05, 0) is 55.0 Å². The zero-order valence-corrected chi connectivity index (χ0v) is 18.7. The van der Waals surface area contributed by atoms with Gasteiger partial charge in [0.05, 0.1) is 30.5 Å². The Bertz CT molecular complexity index is 1190. The summed E-state index contributed by atoms with van der Waals surface area (Å²) in [5.74, 6) is 1.12. The number of nitrogens with zero attached hydrogens (tertiary/aromatic N) is 3. The first kappa shape index (κ1) is 22.3. The lowest BCUT2D eigenvalue weighted by atomic mass is 9.90. The van der Waals surface area contributed by atoms with Crippen molar-refractivity contribution >= 4 is 11.1 Å². The van der Waals surface area contributed by atoms with Crippen LogP contribution < -0.4 is 9.47 Å². The van der Waals surface area contributed by atoms with Gasteiger partial charge < -0.3 is 14.6 Å². The second-order valence-corrected chi connectivity index (χ2v) is 8.63. The normalized spacial score (nSPS) is 18.3. The first-order valence-electron chi connectivity index (χ1n) is 11.2. The number of allylic oxidation sites excluding steroid dienone is 1. The van der Waals surface area contributed by atoms with Crippen LogP contribution in [0.1, 0.15) is 30.0 Å². The zero-order valence-electron chi connectivity index (χ0n) is 18.7. The minimum Gasteiger partial charge on any atom is -0.508 e. The molecule has 2 aromatic heterocycles. The van der Waals surface area contributed by atoms with E-state index in [0.29, 0.717) is 29.5 Å². The molecule has 4 heterocycles. The summed E-state index contributed by atoms with van der Waals surface area (Å²) in [7, 11) is 0. The molecule has 1 fully saturated rings. The molecule has 0 bridgehead atoms. The molecule has 0 spiro atoms. The Labute approximate surface area is 196 Å². The molecule has 1 saturated heterocycles. The van der Waals surface area contributed by atoms with E-state index in [1.807, 2.05) is 19.1 Å². The van der Waals surface area contributed by atoms with E-state index in [4.69, 9.17) is 9.47 Å². The van der Waals surface area contributed by atoms with Gasteiger partial charge in [0.1, 0.15) is 29.7 Å². The SMILES string of the molecule is CC1=C(c2ccc(F)cn2)C(c2ccc(OCCN3CC(CF)C3)cn2)Oc2ccc(O)cc21. The highest BCUT2D eigenvalue weighted by atomic mass is 19.1. The van der Waals surface area contributed by atoms with Crippen LogP contribution in [0.25, 0.3) is 11.1 Å². The van der Waals surface area contributed by atoms with Crippen molar-refractivity contribution in [3.63, 3.8) is 0 Å². The smallest absolute Gasteiger partial charge is 0.168 e. The average molecular weight is 466 g/mol. The highest BCUT2D eigenvalue weighted by Gasteiger charge is 2.31. The number of benzene rings is 1. The molecule has 176 valence electrons. The van der Waals surface area contributed by atoms with E-state index in [1.165, 1.54) is 12.3 Å². The Balaban J connectivity index is 1.37. The van der Waals surface area contributed by atoms with Crippen molar-refractivity contribution in [1.29, 1.82) is 0 Å². The third-order valence-electron chi connectivity index (χ3n) is 6.24. The molecule has 1 atom stereocenters. The third kappa shape index (κ3) is 4.46.